The Hall–Kier alpha value is -1.86. The van der Waals surface area contributed by atoms with Crippen molar-refractivity contribution in [1.29, 1.82) is 0 Å². The molecule has 0 saturated heterocycles. The Balaban J connectivity index is 4.44. The van der Waals surface area contributed by atoms with Crippen LogP contribution in [0.1, 0.15) is 201 Å². The number of rotatable bonds is 48. The summed E-state index contributed by atoms with van der Waals surface area (Å²) in [4.78, 5) is 46.8. The number of carbonyl (C=O) groups excluding carboxylic acids is 3. The van der Waals surface area contributed by atoms with Crippen LogP contribution in [0.5, 0.6) is 0 Å². The van der Waals surface area contributed by atoms with Gasteiger partial charge in [0.1, 0.15) is 13.2 Å². The van der Waals surface area contributed by atoms with Crippen molar-refractivity contribution >= 4 is 25.7 Å². The maximum Gasteiger partial charge on any atom is 0.472 e. The lowest BCUT2D eigenvalue weighted by atomic mass is 10.0. The largest absolute Gasteiger partial charge is 0.472 e. The molecule has 0 spiro atoms. The van der Waals surface area contributed by atoms with E-state index in [2.05, 4.69) is 20.4 Å². The number of hydrogen-bond donors (Lipinski definition) is 1. The van der Waals surface area contributed by atoms with Gasteiger partial charge in [-0.15, -0.1) is 0 Å². The minimum absolute atomic E-state index is 0.0101. The van der Waals surface area contributed by atoms with Crippen molar-refractivity contribution < 1.29 is 61.3 Å². The summed E-state index contributed by atoms with van der Waals surface area (Å²) in [5.41, 5.74) is 0.328. The Labute approximate surface area is 371 Å². The first-order valence-corrected chi connectivity index (χ1v) is 25.6. The van der Waals surface area contributed by atoms with Crippen LogP contribution < -0.4 is 0 Å². The van der Waals surface area contributed by atoms with Crippen molar-refractivity contribution in [1.82, 2.24) is 0 Å². The first-order valence-electron chi connectivity index (χ1n) is 24.1. The van der Waals surface area contributed by atoms with Gasteiger partial charge in [-0.25, -0.2) is 9.36 Å². The lowest BCUT2D eigenvalue weighted by Gasteiger charge is -2.20. The minimum atomic E-state index is -4.52. The second kappa shape index (κ2) is 44.7. The molecule has 61 heavy (non-hydrogen) atoms. The van der Waals surface area contributed by atoms with Crippen LogP contribution in [0.4, 0.5) is 0 Å². The van der Waals surface area contributed by atoms with Gasteiger partial charge in [-0.05, 0) is 19.8 Å². The molecule has 0 rings (SSSR count). The molecule has 0 saturated carbocycles. The monoisotopic (exact) mass is 893 g/mol. The van der Waals surface area contributed by atoms with Crippen molar-refractivity contribution in [2.45, 2.75) is 207 Å². The molecular weight excluding hydrogens is 803 g/mol. The van der Waals surface area contributed by atoms with Crippen LogP contribution in [0, 0.1) is 0 Å². The SMILES string of the molecule is C=C(C)C(=O)OCCOCCOCCOCCOP(=O)(O)OC[C@@H](COC(=O)CCCCCCCCCCCCCCC)OC(=O)CCCCCCCCCCCCCCC. The third-order valence-corrected chi connectivity index (χ3v) is 11.1. The van der Waals surface area contributed by atoms with E-state index in [1.807, 2.05) is 0 Å². The van der Waals surface area contributed by atoms with Gasteiger partial charge in [0.05, 0.1) is 52.9 Å². The molecule has 2 atom stereocenters. The number of ether oxygens (including phenoxy) is 6. The maximum absolute atomic E-state index is 12.7. The van der Waals surface area contributed by atoms with Crippen molar-refractivity contribution in [3.63, 3.8) is 0 Å². The Kier molecular flexibility index (Phi) is 43.4. The van der Waals surface area contributed by atoms with Crippen molar-refractivity contribution in [3.8, 4) is 0 Å². The summed E-state index contributed by atoms with van der Waals surface area (Å²) in [6.07, 6.45) is 30.6. The lowest BCUT2D eigenvalue weighted by Crippen LogP contribution is -2.29. The Morgan fingerprint density at radius 2 is 0.836 bits per heavy atom. The topological polar surface area (TPSA) is 162 Å². The highest BCUT2D eigenvalue weighted by atomic mass is 31.2. The normalized spacial score (nSPS) is 12.9. The van der Waals surface area contributed by atoms with Gasteiger partial charge >= 0.3 is 25.7 Å². The summed E-state index contributed by atoms with van der Waals surface area (Å²) in [7, 11) is -4.52. The van der Waals surface area contributed by atoms with Gasteiger partial charge < -0.3 is 33.3 Å². The van der Waals surface area contributed by atoms with Crippen molar-refractivity contribution in [2.75, 3.05) is 66.1 Å². The molecule has 0 heterocycles. The van der Waals surface area contributed by atoms with E-state index in [9.17, 15) is 23.8 Å². The molecule has 0 bridgehead atoms. The smallest absolute Gasteiger partial charge is 0.462 e. The molecule has 0 aliphatic heterocycles. The standard InChI is InChI=1S/C47H89O13P/c1-5-7-9-11-13-15-17-19-21-23-25-27-29-31-45(48)57-41-44(60-46(49)32-30-28-26-24-22-20-18-16-14-12-10-8-6-2)42-59-61(51,52)58-40-38-55-36-34-53-33-35-54-37-39-56-47(50)43(3)4/h44H,3,5-42H2,1-2,4H3,(H,51,52)/t44-/m1/s1. The van der Waals surface area contributed by atoms with Crippen LogP contribution in [0.25, 0.3) is 0 Å². The molecule has 1 N–H and O–H groups in total. The zero-order chi connectivity index (χ0) is 44.9. The van der Waals surface area contributed by atoms with Crippen LogP contribution in [-0.4, -0.2) is 95.0 Å². The molecule has 0 amide bonds. The summed E-state index contributed by atoms with van der Waals surface area (Å²) in [5.74, 6) is -1.33. The van der Waals surface area contributed by atoms with Crippen molar-refractivity contribution in [3.05, 3.63) is 12.2 Å². The highest BCUT2D eigenvalue weighted by molar-refractivity contribution is 7.47. The molecular formula is C47H89O13P. The Morgan fingerprint density at radius 1 is 0.475 bits per heavy atom. The molecule has 13 nitrogen and oxygen atoms in total. The van der Waals surface area contributed by atoms with Crippen LogP contribution in [-0.2, 0) is 56.4 Å². The molecule has 0 aliphatic rings. The third kappa shape index (κ3) is 44.5. The zero-order valence-electron chi connectivity index (χ0n) is 38.9. The fourth-order valence-corrected chi connectivity index (χ4v) is 7.21. The highest BCUT2D eigenvalue weighted by Gasteiger charge is 2.26. The molecule has 360 valence electrons. The number of hydrogen-bond acceptors (Lipinski definition) is 12. The van der Waals surface area contributed by atoms with Crippen LogP contribution in [0.3, 0.4) is 0 Å². The van der Waals surface area contributed by atoms with Gasteiger partial charge in [-0.1, -0.05) is 175 Å². The van der Waals surface area contributed by atoms with Gasteiger partial charge in [0.2, 0.25) is 0 Å². The van der Waals surface area contributed by atoms with E-state index in [-0.39, 0.29) is 59.1 Å². The Morgan fingerprint density at radius 3 is 1.25 bits per heavy atom. The fraction of sp³-hybridized carbons (Fsp3) is 0.894. The lowest BCUT2D eigenvalue weighted by molar-refractivity contribution is -0.161. The predicted molar refractivity (Wildman–Crippen MR) is 241 cm³/mol. The summed E-state index contributed by atoms with van der Waals surface area (Å²) in [5, 5.41) is 0. The third-order valence-electron chi connectivity index (χ3n) is 10.2. The highest BCUT2D eigenvalue weighted by Crippen LogP contribution is 2.43. The second-order valence-electron chi connectivity index (χ2n) is 16.1. The van der Waals surface area contributed by atoms with Crippen LogP contribution in [0.15, 0.2) is 12.2 Å². The van der Waals surface area contributed by atoms with Gasteiger partial charge in [0.15, 0.2) is 6.10 Å². The van der Waals surface area contributed by atoms with Gasteiger partial charge in [0.25, 0.3) is 0 Å². The van der Waals surface area contributed by atoms with E-state index in [1.165, 1.54) is 122 Å². The molecule has 1 unspecified atom stereocenters. The average Bonchev–Trinajstić information content (AvgIpc) is 3.23. The van der Waals surface area contributed by atoms with E-state index in [4.69, 9.17) is 37.5 Å². The molecule has 0 aromatic carbocycles. The van der Waals surface area contributed by atoms with E-state index in [0.29, 0.717) is 25.2 Å². The van der Waals surface area contributed by atoms with E-state index >= 15 is 0 Å². The number of esters is 3. The first kappa shape index (κ1) is 59.1. The summed E-state index contributed by atoms with van der Waals surface area (Å²) in [6.45, 7) is 10.1. The number of phosphoric ester groups is 1. The summed E-state index contributed by atoms with van der Waals surface area (Å²) in [6, 6.07) is 0. The number of phosphoric acid groups is 1. The molecule has 0 aromatic rings. The quantitative estimate of drug-likeness (QED) is 0.0202. The maximum atomic E-state index is 12.7. The van der Waals surface area contributed by atoms with Gasteiger partial charge in [0, 0.05) is 18.4 Å². The van der Waals surface area contributed by atoms with Crippen molar-refractivity contribution in [2.24, 2.45) is 0 Å². The predicted octanol–water partition coefficient (Wildman–Crippen LogP) is 11.7. The molecule has 14 heteroatoms. The molecule has 0 radical (unpaired) electrons. The fourth-order valence-electron chi connectivity index (χ4n) is 6.48. The summed E-state index contributed by atoms with van der Waals surface area (Å²) < 4.78 is 54.8. The van der Waals surface area contributed by atoms with Gasteiger partial charge in [-0.3, -0.25) is 18.6 Å². The molecule has 0 fully saturated rings. The molecule has 0 aliphatic carbocycles. The average molecular weight is 893 g/mol. The van der Waals surface area contributed by atoms with Gasteiger partial charge in [-0.2, -0.15) is 0 Å². The van der Waals surface area contributed by atoms with Crippen LogP contribution >= 0.6 is 7.82 Å². The minimum Gasteiger partial charge on any atom is -0.462 e. The van der Waals surface area contributed by atoms with E-state index in [1.54, 1.807) is 6.92 Å². The molecule has 0 aromatic heterocycles. The van der Waals surface area contributed by atoms with Crippen LogP contribution in [0.2, 0.25) is 0 Å². The summed E-state index contributed by atoms with van der Waals surface area (Å²) >= 11 is 0. The number of unbranched alkanes of at least 4 members (excludes halogenated alkanes) is 24. The van der Waals surface area contributed by atoms with E-state index < -0.39 is 38.4 Å². The van der Waals surface area contributed by atoms with E-state index in [0.717, 1.165) is 38.5 Å². The first-order chi connectivity index (χ1) is 29.6. The Bertz CT molecular complexity index is 1090. The number of carbonyl (C=O) groups is 3. The zero-order valence-corrected chi connectivity index (χ0v) is 39.8. The second-order valence-corrected chi connectivity index (χ2v) is 17.6.